The third-order valence-electron chi connectivity index (χ3n) is 6.51. The third kappa shape index (κ3) is 5.45. The van der Waals surface area contributed by atoms with Gasteiger partial charge in [-0.2, -0.15) is 0 Å². The maximum Gasteiger partial charge on any atom is 0.348 e. The van der Waals surface area contributed by atoms with Gasteiger partial charge in [-0.05, 0) is 62.3 Å². The molecule has 4 rings (SSSR count). The number of amides is 2. The normalized spacial score (nSPS) is 17.7. The van der Waals surface area contributed by atoms with Crippen LogP contribution in [-0.4, -0.2) is 39.0 Å². The number of carbonyl (C=O) groups is 3. The van der Waals surface area contributed by atoms with Gasteiger partial charge < -0.3 is 19.9 Å². The first kappa shape index (κ1) is 24.7. The smallest absolute Gasteiger partial charge is 0.348 e. The van der Waals surface area contributed by atoms with Gasteiger partial charge in [0.15, 0.2) is 0 Å². The number of imidazole rings is 1. The van der Waals surface area contributed by atoms with Crippen LogP contribution < -0.4 is 10.2 Å². The molecule has 9 heteroatoms. The van der Waals surface area contributed by atoms with Crippen molar-refractivity contribution in [2.75, 3.05) is 16.8 Å². The van der Waals surface area contributed by atoms with Gasteiger partial charge in [0.1, 0.15) is 10.6 Å². The van der Waals surface area contributed by atoms with Gasteiger partial charge in [-0.15, -0.1) is 11.3 Å². The monoisotopic (exact) mass is 494 g/mol. The highest BCUT2D eigenvalue weighted by molar-refractivity contribution is 7.18. The largest absolute Gasteiger partial charge is 0.477 e. The first-order valence-electron chi connectivity index (χ1n) is 11.8. The lowest BCUT2D eigenvalue weighted by Gasteiger charge is -2.30. The summed E-state index contributed by atoms with van der Waals surface area (Å²) in [5.74, 6) is -0.761. The number of carboxylic acids is 1. The van der Waals surface area contributed by atoms with E-state index in [0.717, 1.165) is 47.5 Å². The Morgan fingerprint density at radius 3 is 2.43 bits per heavy atom. The summed E-state index contributed by atoms with van der Waals surface area (Å²) in [6.45, 7) is 4.51. The molecule has 1 aliphatic carbocycles. The molecule has 184 valence electrons. The molecule has 1 saturated carbocycles. The summed E-state index contributed by atoms with van der Waals surface area (Å²) in [5, 5.41) is 12.7. The molecule has 2 heterocycles. The predicted octanol–water partition coefficient (Wildman–Crippen LogP) is 5.28. The van der Waals surface area contributed by atoms with Crippen molar-refractivity contribution in [3.8, 4) is 10.4 Å². The number of rotatable bonds is 7. The lowest BCUT2D eigenvalue weighted by atomic mass is 9.82. The second-order valence-corrected chi connectivity index (χ2v) is 10.2. The second-order valence-electron chi connectivity index (χ2n) is 9.13. The zero-order valence-electron chi connectivity index (χ0n) is 20.2. The fourth-order valence-corrected chi connectivity index (χ4v) is 5.50. The molecule has 0 aliphatic heterocycles. The van der Waals surface area contributed by atoms with Gasteiger partial charge in [-0.25, -0.2) is 9.78 Å². The topological polar surface area (TPSA) is 105 Å². The molecule has 0 atom stereocenters. The molecule has 35 heavy (non-hydrogen) atoms. The molecule has 0 radical (unpaired) electrons. The van der Waals surface area contributed by atoms with Crippen molar-refractivity contribution >= 4 is 40.5 Å². The molecular formula is C26H30N4O4S. The van der Waals surface area contributed by atoms with E-state index in [1.54, 1.807) is 47.2 Å². The van der Waals surface area contributed by atoms with Crippen LogP contribution in [0.25, 0.3) is 10.4 Å². The van der Waals surface area contributed by atoms with Crippen molar-refractivity contribution in [3.05, 3.63) is 53.4 Å². The van der Waals surface area contributed by atoms with Crippen LogP contribution in [0.5, 0.6) is 0 Å². The molecule has 1 aliphatic rings. The Bertz CT molecular complexity index is 1220. The van der Waals surface area contributed by atoms with Crippen molar-refractivity contribution in [2.24, 2.45) is 18.9 Å². The van der Waals surface area contributed by atoms with Crippen LogP contribution >= 0.6 is 11.3 Å². The summed E-state index contributed by atoms with van der Waals surface area (Å²) < 4.78 is 1.70. The van der Waals surface area contributed by atoms with Crippen molar-refractivity contribution < 1.29 is 19.5 Å². The van der Waals surface area contributed by atoms with Crippen molar-refractivity contribution in [3.63, 3.8) is 0 Å². The van der Waals surface area contributed by atoms with Gasteiger partial charge >= 0.3 is 5.97 Å². The fourth-order valence-electron chi connectivity index (χ4n) is 4.49. The van der Waals surface area contributed by atoms with E-state index in [9.17, 15) is 19.5 Å². The average Bonchev–Trinajstić information content (AvgIpc) is 3.48. The number of anilines is 2. The van der Waals surface area contributed by atoms with Gasteiger partial charge in [0.05, 0.1) is 12.0 Å². The Kier molecular flexibility index (Phi) is 7.35. The van der Waals surface area contributed by atoms with E-state index >= 15 is 0 Å². The van der Waals surface area contributed by atoms with Crippen LogP contribution in [0.4, 0.5) is 11.4 Å². The van der Waals surface area contributed by atoms with E-state index in [0.29, 0.717) is 29.5 Å². The number of aryl methyl sites for hydroxylation is 1. The molecule has 0 saturated heterocycles. The zero-order chi connectivity index (χ0) is 25.1. The Morgan fingerprint density at radius 1 is 1.17 bits per heavy atom. The van der Waals surface area contributed by atoms with E-state index in [4.69, 9.17) is 0 Å². The minimum Gasteiger partial charge on any atom is -0.477 e. The summed E-state index contributed by atoms with van der Waals surface area (Å²) >= 11 is 1.15. The Balaban J connectivity index is 1.55. The van der Waals surface area contributed by atoms with Crippen LogP contribution in [0.15, 0.2) is 42.9 Å². The van der Waals surface area contributed by atoms with E-state index in [2.05, 4.69) is 17.2 Å². The maximum absolute atomic E-state index is 13.3. The lowest BCUT2D eigenvalue weighted by molar-refractivity contribution is -0.123. The minimum absolute atomic E-state index is 0.0128. The minimum atomic E-state index is -1.04. The Labute approximate surface area is 208 Å². The average molecular weight is 495 g/mol. The van der Waals surface area contributed by atoms with E-state index in [1.165, 1.54) is 0 Å². The van der Waals surface area contributed by atoms with Crippen LogP contribution in [0.3, 0.4) is 0 Å². The number of aromatic nitrogens is 2. The van der Waals surface area contributed by atoms with E-state index in [-0.39, 0.29) is 22.6 Å². The second kappa shape index (κ2) is 10.4. The van der Waals surface area contributed by atoms with E-state index < -0.39 is 5.97 Å². The van der Waals surface area contributed by atoms with E-state index in [1.807, 2.05) is 19.1 Å². The number of aromatic carboxylic acids is 1. The van der Waals surface area contributed by atoms with Crippen LogP contribution in [0.1, 0.15) is 59.7 Å². The SMILES string of the molecule is CCN(C(=O)C1CCC(C)CC1)c1cc(-c2ccc(NC(=O)c3cn(C)cn3)cc2)sc1C(=O)O. The molecule has 0 bridgehead atoms. The molecule has 2 amide bonds. The first-order chi connectivity index (χ1) is 16.8. The molecule has 2 N–H and O–H groups in total. The van der Waals surface area contributed by atoms with Gasteiger partial charge in [0.25, 0.3) is 5.91 Å². The number of thiophene rings is 1. The lowest BCUT2D eigenvalue weighted by Crippen LogP contribution is -2.38. The number of carboxylic acid groups (broad SMARTS) is 1. The quantitative estimate of drug-likeness (QED) is 0.465. The molecule has 1 fully saturated rings. The highest BCUT2D eigenvalue weighted by Crippen LogP contribution is 2.39. The van der Waals surface area contributed by atoms with Crippen LogP contribution in [-0.2, 0) is 11.8 Å². The standard InChI is InChI=1S/C26H30N4O4S/c1-4-30(25(32)18-7-5-16(2)6-8-18)21-13-22(35-23(21)26(33)34)17-9-11-19(12-10-17)28-24(31)20-14-29(3)15-27-20/h9-16,18H,4-8H2,1-3H3,(H,28,31)(H,33,34). The highest BCUT2D eigenvalue weighted by Gasteiger charge is 2.31. The number of hydrogen-bond acceptors (Lipinski definition) is 5. The summed E-state index contributed by atoms with van der Waals surface area (Å²) in [6, 6.07) is 8.98. The third-order valence-corrected chi connectivity index (χ3v) is 7.67. The fraction of sp³-hybridized carbons (Fsp3) is 0.385. The Morgan fingerprint density at radius 2 is 1.86 bits per heavy atom. The Hall–Kier alpha value is -3.46. The maximum atomic E-state index is 13.3. The molecule has 1 aromatic carbocycles. The number of carbonyl (C=O) groups excluding carboxylic acids is 2. The van der Waals surface area contributed by atoms with Crippen molar-refractivity contribution in [1.82, 2.24) is 9.55 Å². The summed E-state index contributed by atoms with van der Waals surface area (Å²) in [5.41, 5.74) is 2.20. The van der Waals surface area contributed by atoms with Gasteiger partial charge in [-0.3, -0.25) is 9.59 Å². The van der Waals surface area contributed by atoms with Crippen molar-refractivity contribution in [1.29, 1.82) is 0 Å². The molecule has 2 aromatic heterocycles. The molecule has 0 spiro atoms. The molecule has 8 nitrogen and oxygen atoms in total. The summed E-state index contributed by atoms with van der Waals surface area (Å²) in [6.07, 6.45) is 6.95. The molecule has 3 aromatic rings. The van der Waals surface area contributed by atoms with Crippen molar-refractivity contribution in [2.45, 2.75) is 39.5 Å². The van der Waals surface area contributed by atoms with Gasteiger partial charge in [-0.1, -0.05) is 19.1 Å². The molecular weight excluding hydrogens is 464 g/mol. The highest BCUT2D eigenvalue weighted by atomic mass is 32.1. The number of benzene rings is 1. The predicted molar refractivity (Wildman–Crippen MR) is 137 cm³/mol. The van der Waals surface area contributed by atoms with Crippen LogP contribution in [0.2, 0.25) is 0 Å². The first-order valence-corrected chi connectivity index (χ1v) is 12.7. The van der Waals surface area contributed by atoms with Gasteiger partial charge in [0.2, 0.25) is 5.91 Å². The van der Waals surface area contributed by atoms with Crippen LogP contribution in [0, 0.1) is 11.8 Å². The number of nitrogens with one attached hydrogen (secondary N) is 1. The summed E-state index contributed by atoms with van der Waals surface area (Å²) in [7, 11) is 1.79. The summed E-state index contributed by atoms with van der Waals surface area (Å²) in [4.78, 5) is 44.3. The number of nitrogens with zero attached hydrogens (tertiary/aromatic N) is 3. The zero-order valence-corrected chi connectivity index (χ0v) is 21.0. The van der Waals surface area contributed by atoms with Gasteiger partial charge in [0, 0.05) is 36.3 Å². The molecule has 0 unspecified atom stereocenters. The number of hydrogen-bond donors (Lipinski definition) is 2.